The summed E-state index contributed by atoms with van der Waals surface area (Å²) < 4.78 is 24.1. The minimum Gasteiger partial charge on any atom is -0.481 e. The molecule has 226 valence electrons. The lowest BCUT2D eigenvalue weighted by Crippen LogP contribution is -2.64. The van der Waals surface area contributed by atoms with Gasteiger partial charge in [-0.15, -0.1) is 0 Å². The van der Waals surface area contributed by atoms with Gasteiger partial charge in [0.2, 0.25) is 0 Å². The summed E-state index contributed by atoms with van der Waals surface area (Å²) in [6.07, 6.45) is -15.8. The highest BCUT2D eigenvalue weighted by Gasteiger charge is 2.50. The first kappa shape index (κ1) is 36.6. The molecule has 1 unspecified atom stereocenters. The van der Waals surface area contributed by atoms with Crippen molar-refractivity contribution in [3.63, 3.8) is 0 Å². The molecule has 11 atom stereocenters. The van der Waals surface area contributed by atoms with Crippen LogP contribution in [0.5, 0.6) is 0 Å². The second-order valence-electron chi connectivity index (χ2n) is 7.92. The number of aliphatic hydroxyl groups excluding tert-OH is 8. The van der Waals surface area contributed by atoms with Crippen molar-refractivity contribution in [2.24, 2.45) is 5.73 Å². The molecule has 2 heterocycles. The Kier molecular flexibility index (Phi) is 16.0. The van der Waals surface area contributed by atoms with Gasteiger partial charge in [-0.25, -0.2) is 4.57 Å². The number of rotatable bonds is 8. The third kappa shape index (κ3) is 12.6. The van der Waals surface area contributed by atoms with Crippen LogP contribution in [0, 0.1) is 0 Å². The molecule has 2 aliphatic heterocycles. The van der Waals surface area contributed by atoms with Gasteiger partial charge in [0, 0.05) is 6.42 Å². The summed E-state index contributed by atoms with van der Waals surface area (Å²) in [5, 5.41) is 92.8. The van der Waals surface area contributed by atoms with Crippen LogP contribution in [0.3, 0.4) is 0 Å². The molecule has 0 aliphatic carbocycles. The van der Waals surface area contributed by atoms with Crippen LogP contribution in [0.1, 0.15) is 12.8 Å². The van der Waals surface area contributed by atoms with Crippen molar-refractivity contribution in [3.05, 3.63) is 0 Å². The maximum absolute atomic E-state index is 9.99. The molecule has 2 rings (SSSR count). The molecule has 0 radical (unpaired) electrons. The highest BCUT2D eigenvalue weighted by atomic mass is 31.2. The zero-order valence-corrected chi connectivity index (χ0v) is 20.4. The van der Waals surface area contributed by atoms with E-state index in [-0.39, 0.29) is 12.8 Å². The fourth-order valence-corrected chi connectivity index (χ4v) is 2.97. The summed E-state index contributed by atoms with van der Waals surface area (Å²) in [5.41, 5.74) is 5.00. The zero-order valence-electron chi connectivity index (χ0n) is 19.5. The number of aliphatic carboxylic acids is 2. The summed E-state index contributed by atoms with van der Waals surface area (Å²) in [6.45, 7) is -1.35. The average Bonchev–Trinajstić information content (AvgIpc) is 2.81. The maximum atomic E-state index is 9.99. The third-order valence-electron chi connectivity index (χ3n) is 4.97. The number of ether oxygens (including phenoxy) is 3. The fourth-order valence-electron chi connectivity index (χ4n) is 2.97. The highest BCUT2D eigenvalue weighted by molar-refractivity contribution is 7.45. The molecule has 21 heteroatoms. The van der Waals surface area contributed by atoms with Gasteiger partial charge >= 0.3 is 19.8 Å². The van der Waals surface area contributed by atoms with Gasteiger partial charge in [0.1, 0.15) is 54.9 Å². The topological polar surface area (TPSA) is 368 Å². The molecular formula is C17H34NO19P. The zero-order chi connectivity index (χ0) is 30.0. The normalized spacial score (nSPS) is 36.1. The molecule has 0 spiro atoms. The number of hydrogen-bond acceptors (Lipinski definition) is 15. The minimum atomic E-state index is -4.64. The average molecular weight is 587 g/mol. The van der Waals surface area contributed by atoms with E-state index in [2.05, 4.69) is 0 Å². The first-order valence-electron chi connectivity index (χ1n) is 10.6. The first-order valence-corrected chi connectivity index (χ1v) is 12.2. The van der Waals surface area contributed by atoms with E-state index < -0.39 is 100 Å². The Bertz CT molecular complexity index is 755. The number of phosphoric acid groups is 1. The summed E-state index contributed by atoms with van der Waals surface area (Å²) in [5.74, 6) is -2.20. The quantitative estimate of drug-likeness (QED) is 0.117. The number of aliphatic hydroxyl groups is 8. The fraction of sp³-hybridized carbons (Fsp3) is 0.882. The lowest BCUT2D eigenvalue weighted by molar-refractivity contribution is -0.355. The van der Waals surface area contributed by atoms with Crippen LogP contribution in [-0.4, -0.2) is 158 Å². The highest BCUT2D eigenvalue weighted by Crippen LogP contribution is 2.28. The van der Waals surface area contributed by atoms with Gasteiger partial charge in [-0.3, -0.25) is 9.59 Å². The molecule has 20 nitrogen and oxygen atoms in total. The smallest absolute Gasteiger partial charge is 0.466 e. The van der Waals surface area contributed by atoms with Crippen LogP contribution in [0.25, 0.3) is 0 Å². The second-order valence-corrected chi connectivity index (χ2v) is 8.94. The van der Waals surface area contributed by atoms with Gasteiger partial charge in [-0.05, 0) is 6.42 Å². The molecule has 0 aromatic heterocycles. The van der Waals surface area contributed by atoms with Crippen LogP contribution in [0.15, 0.2) is 0 Å². The summed E-state index contributed by atoms with van der Waals surface area (Å²) in [4.78, 5) is 41.4. The Hall–Kier alpha value is -1.43. The number of nitrogens with two attached hydrogens (primary N) is 1. The number of carbonyl (C=O) groups is 2. The third-order valence-corrected chi connectivity index (χ3v) is 4.97. The van der Waals surface area contributed by atoms with E-state index in [0.29, 0.717) is 0 Å². The van der Waals surface area contributed by atoms with Gasteiger partial charge in [-0.1, -0.05) is 0 Å². The Morgan fingerprint density at radius 1 is 0.816 bits per heavy atom. The summed E-state index contributed by atoms with van der Waals surface area (Å²) in [6, 6.07) is -1.06. The number of carboxylic acids is 2. The van der Waals surface area contributed by atoms with Crippen molar-refractivity contribution in [3.8, 4) is 0 Å². The van der Waals surface area contributed by atoms with Crippen LogP contribution < -0.4 is 5.73 Å². The second kappa shape index (κ2) is 16.6. The van der Waals surface area contributed by atoms with Crippen LogP contribution in [-0.2, 0) is 28.4 Å². The predicted molar refractivity (Wildman–Crippen MR) is 115 cm³/mol. The largest absolute Gasteiger partial charge is 0.481 e. The molecule has 0 bridgehead atoms. The molecule has 0 amide bonds. The minimum absolute atomic E-state index is 0.0231. The van der Waals surface area contributed by atoms with E-state index in [1.54, 1.807) is 0 Å². The molecule has 2 saturated heterocycles. The van der Waals surface area contributed by atoms with E-state index in [4.69, 9.17) is 54.5 Å². The number of hydrogen-bond donors (Lipinski definition) is 14. The van der Waals surface area contributed by atoms with Crippen molar-refractivity contribution >= 4 is 19.8 Å². The Morgan fingerprint density at radius 3 is 1.74 bits per heavy atom. The number of carboxylic acid groups (broad SMARTS) is 2. The van der Waals surface area contributed by atoms with Gasteiger partial charge in [-0.2, -0.15) is 0 Å². The van der Waals surface area contributed by atoms with Gasteiger partial charge in [0.15, 0.2) is 12.6 Å². The molecule has 2 fully saturated rings. The van der Waals surface area contributed by atoms with Gasteiger partial charge in [0.05, 0.1) is 13.2 Å². The summed E-state index contributed by atoms with van der Waals surface area (Å²) in [7, 11) is -4.64. The Morgan fingerprint density at radius 2 is 1.32 bits per heavy atom. The SMILES string of the molecule is N[C@@H](CCC(=O)O)C(=O)O.O=P(O)(O)O.OC[C@H]1O[C@@H](O[C@H]2[C@H](O)[C@@H](O)C(O)O[C@@H]2CO)[C@H](O)[C@@H](O)[C@H]1O. The van der Waals surface area contributed by atoms with Crippen LogP contribution >= 0.6 is 7.82 Å². The van der Waals surface area contributed by atoms with Crippen LogP contribution in [0.4, 0.5) is 0 Å². The Labute approximate surface area is 213 Å². The molecule has 0 saturated carbocycles. The molecule has 0 aromatic carbocycles. The Balaban J connectivity index is 0.000000756. The van der Waals surface area contributed by atoms with E-state index in [9.17, 15) is 45.3 Å². The van der Waals surface area contributed by atoms with Crippen molar-refractivity contribution in [1.29, 1.82) is 0 Å². The van der Waals surface area contributed by atoms with Crippen LogP contribution in [0.2, 0.25) is 0 Å². The van der Waals surface area contributed by atoms with E-state index in [1.165, 1.54) is 0 Å². The lowest BCUT2D eigenvalue weighted by atomic mass is 9.97. The van der Waals surface area contributed by atoms with Crippen molar-refractivity contribution in [1.82, 2.24) is 0 Å². The van der Waals surface area contributed by atoms with Gasteiger partial charge in [0.25, 0.3) is 0 Å². The molecular weight excluding hydrogens is 553 g/mol. The standard InChI is InChI=1S/C12H22O11.C5H9NO4.H3O4P/c13-1-3-5(15)6(16)9(19)12(22-3)23-10-4(2-14)21-11(20)8(18)7(10)17;6-3(5(9)10)1-2-4(7)8;1-5(2,3)4/h3-20H,1-2H2;3H,1-2,6H2,(H,7,8)(H,9,10);(H3,1,2,3,4)/t3-,4-,5+,6+,7-,8-,9-,10-,11?,12+;3-;/m10./s1. The van der Waals surface area contributed by atoms with Crippen molar-refractivity contribution < 1.29 is 94.1 Å². The maximum Gasteiger partial charge on any atom is 0.466 e. The van der Waals surface area contributed by atoms with Crippen molar-refractivity contribution in [2.45, 2.75) is 80.3 Å². The predicted octanol–water partition coefficient (Wildman–Crippen LogP) is -7.06. The van der Waals surface area contributed by atoms with E-state index in [0.717, 1.165) is 0 Å². The first-order chi connectivity index (χ1) is 17.3. The van der Waals surface area contributed by atoms with E-state index >= 15 is 0 Å². The van der Waals surface area contributed by atoms with Gasteiger partial charge < -0.3 is 85.7 Å². The summed E-state index contributed by atoms with van der Waals surface area (Å²) >= 11 is 0. The molecule has 15 N–H and O–H groups in total. The molecule has 2 aliphatic rings. The molecule has 0 aromatic rings. The van der Waals surface area contributed by atoms with E-state index in [1.807, 2.05) is 0 Å². The molecule has 38 heavy (non-hydrogen) atoms. The lowest BCUT2D eigenvalue weighted by Gasteiger charge is -2.45. The monoisotopic (exact) mass is 587 g/mol. The van der Waals surface area contributed by atoms with Crippen molar-refractivity contribution in [2.75, 3.05) is 13.2 Å².